The highest BCUT2D eigenvalue weighted by Crippen LogP contribution is 2.25. The first-order chi connectivity index (χ1) is 12.4. The average molecular weight is 420 g/mol. The molecule has 2 aromatic rings. The van der Waals surface area contributed by atoms with Gasteiger partial charge in [-0.1, -0.05) is 29.8 Å². The molecular formula is C20H22BrNO4. The fourth-order valence-electron chi connectivity index (χ4n) is 2.16. The Labute approximate surface area is 161 Å². The molecule has 6 heteroatoms. The summed E-state index contributed by atoms with van der Waals surface area (Å²) in [6, 6.07) is 11.9. The number of nitrogens with one attached hydrogen (secondary N) is 1. The number of ether oxygens (including phenoxy) is 2. The standard InChI is InChI=1S/C20H22BrNO4/c1-4-25-20(24)14-5-8-16(9-6-14)22-19(23)17-11-15(21)7-10-18(17)26-12-13(2)3/h5-11,13H,4,12H2,1-3H3,(H,22,23). The first-order valence-corrected chi connectivity index (χ1v) is 9.21. The van der Waals surface area contributed by atoms with Crippen LogP contribution in [0.4, 0.5) is 5.69 Å². The van der Waals surface area contributed by atoms with Crippen molar-refractivity contribution < 1.29 is 19.1 Å². The second kappa shape index (κ2) is 9.38. The lowest BCUT2D eigenvalue weighted by Gasteiger charge is -2.14. The molecule has 2 rings (SSSR count). The van der Waals surface area contributed by atoms with Crippen molar-refractivity contribution in [1.82, 2.24) is 0 Å². The number of anilines is 1. The Balaban J connectivity index is 2.14. The first-order valence-electron chi connectivity index (χ1n) is 8.41. The summed E-state index contributed by atoms with van der Waals surface area (Å²) in [5, 5.41) is 2.82. The fraction of sp³-hybridized carbons (Fsp3) is 0.300. The second-order valence-electron chi connectivity index (χ2n) is 6.10. The normalized spacial score (nSPS) is 10.5. The summed E-state index contributed by atoms with van der Waals surface area (Å²) in [6.07, 6.45) is 0. The van der Waals surface area contributed by atoms with Crippen LogP contribution in [0.1, 0.15) is 41.5 Å². The van der Waals surface area contributed by atoms with E-state index in [0.717, 1.165) is 4.47 Å². The molecule has 0 aliphatic rings. The van der Waals surface area contributed by atoms with Crippen LogP contribution < -0.4 is 10.1 Å². The van der Waals surface area contributed by atoms with E-state index in [4.69, 9.17) is 9.47 Å². The zero-order valence-electron chi connectivity index (χ0n) is 15.0. The van der Waals surface area contributed by atoms with Crippen LogP contribution in [-0.4, -0.2) is 25.1 Å². The van der Waals surface area contributed by atoms with E-state index < -0.39 is 0 Å². The molecule has 0 radical (unpaired) electrons. The minimum absolute atomic E-state index is 0.283. The largest absolute Gasteiger partial charge is 0.492 e. The van der Waals surface area contributed by atoms with E-state index in [1.807, 2.05) is 19.9 Å². The van der Waals surface area contributed by atoms with Crippen LogP contribution in [0, 0.1) is 5.92 Å². The van der Waals surface area contributed by atoms with Gasteiger partial charge in [0.25, 0.3) is 5.91 Å². The molecular weight excluding hydrogens is 398 g/mol. The number of carbonyl (C=O) groups excluding carboxylic acids is 2. The SMILES string of the molecule is CCOC(=O)c1ccc(NC(=O)c2cc(Br)ccc2OCC(C)C)cc1. The summed E-state index contributed by atoms with van der Waals surface area (Å²) in [7, 11) is 0. The molecule has 0 heterocycles. The van der Waals surface area contributed by atoms with Crippen molar-refractivity contribution in [3.8, 4) is 5.75 Å². The van der Waals surface area contributed by atoms with Gasteiger partial charge in [-0.2, -0.15) is 0 Å². The number of hydrogen-bond acceptors (Lipinski definition) is 4. The van der Waals surface area contributed by atoms with Crippen molar-refractivity contribution in [2.24, 2.45) is 5.92 Å². The molecule has 0 aliphatic heterocycles. The monoisotopic (exact) mass is 419 g/mol. The molecule has 0 unspecified atom stereocenters. The van der Waals surface area contributed by atoms with Gasteiger partial charge in [-0.3, -0.25) is 4.79 Å². The topological polar surface area (TPSA) is 64.6 Å². The minimum Gasteiger partial charge on any atom is -0.492 e. The van der Waals surface area contributed by atoms with E-state index in [2.05, 4.69) is 21.2 Å². The number of hydrogen-bond donors (Lipinski definition) is 1. The lowest BCUT2D eigenvalue weighted by Crippen LogP contribution is -2.15. The van der Waals surface area contributed by atoms with Gasteiger partial charge in [0.2, 0.25) is 0 Å². The predicted molar refractivity (Wildman–Crippen MR) is 105 cm³/mol. The fourth-order valence-corrected chi connectivity index (χ4v) is 2.53. The van der Waals surface area contributed by atoms with Crippen molar-refractivity contribution in [2.45, 2.75) is 20.8 Å². The Morgan fingerprint density at radius 1 is 1.12 bits per heavy atom. The highest BCUT2D eigenvalue weighted by atomic mass is 79.9. The number of amides is 1. The van der Waals surface area contributed by atoms with Crippen LogP contribution in [0.25, 0.3) is 0 Å². The van der Waals surface area contributed by atoms with Gasteiger partial charge in [0, 0.05) is 10.2 Å². The quantitative estimate of drug-likeness (QED) is 0.647. The Morgan fingerprint density at radius 2 is 1.81 bits per heavy atom. The summed E-state index contributed by atoms with van der Waals surface area (Å²) >= 11 is 3.38. The molecule has 0 bridgehead atoms. The van der Waals surface area contributed by atoms with Gasteiger partial charge in [-0.05, 0) is 55.3 Å². The zero-order chi connectivity index (χ0) is 19.1. The lowest BCUT2D eigenvalue weighted by atomic mass is 10.1. The highest BCUT2D eigenvalue weighted by Gasteiger charge is 2.15. The summed E-state index contributed by atoms with van der Waals surface area (Å²) in [5.74, 6) is 0.211. The van der Waals surface area contributed by atoms with Gasteiger partial charge in [-0.25, -0.2) is 4.79 Å². The van der Waals surface area contributed by atoms with Crippen LogP contribution >= 0.6 is 15.9 Å². The second-order valence-corrected chi connectivity index (χ2v) is 7.01. The molecule has 0 fully saturated rings. The third-order valence-corrected chi connectivity index (χ3v) is 3.91. The average Bonchev–Trinajstić information content (AvgIpc) is 2.61. The van der Waals surface area contributed by atoms with Crippen LogP contribution in [0.3, 0.4) is 0 Å². The van der Waals surface area contributed by atoms with Gasteiger partial charge >= 0.3 is 5.97 Å². The molecule has 26 heavy (non-hydrogen) atoms. The van der Waals surface area contributed by atoms with Gasteiger partial charge in [-0.15, -0.1) is 0 Å². The third kappa shape index (κ3) is 5.59. The Hall–Kier alpha value is -2.34. The van der Waals surface area contributed by atoms with E-state index >= 15 is 0 Å². The molecule has 0 atom stereocenters. The van der Waals surface area contributed by atoms with Crippen molar-refractivity contribution in [3.05, 3.63) is 58.1 Å². The molecule has 0 saturated carbocycles. The number of carbonyl (C=O) groups is 2. The summed E-state index contributed by atoms with van der Waals surface area (Å²) in [4.78, 5) is 24.3. The lowest BCUT2D eigenvalue weighted by molar-refractivity contribution is 0.0526. The molecule has 2 aromatic carbocycles. The molecule has 0 aliphatic carbocycles. The highest BCUT2D eigenvalue weighted by molar-refractivity contribution is 9.10. The van der Waals surface area contributed by atoms with Gasteiger partial charge in [0.15, 0.2) is 0 Å². The number of halogens is 1. The molecule has 1 N–H and O–H groups in total. The zero-order valence-corrected chi connectivity index (χ0v) is 16.6. The van der Waals surface area contributed by atoms with Crippen LogP contribution in [0.5, 0.6) is 5.75 Å². The predicted octanol–water partition coefficient (Wildman–Crippen LogP) is 4.91. The van der Waals surface area contributed by atoms with E-state index in [-0.39, 0.29) is 11.9 Å². The van der Waals surface area contributed by atoms with Crippen molar-refractivity contribution in [1.29, 1.82) is 0 Å². The summed E-state index contributed by atoms with van der Waals surface area (Å²) in [5.41, 5.74) is 1.46. The van der Waals surface area contributed by atoms with E-state index in [1.54, 1.807) is 43.3 Å². The molecule has 138 valence electrons. The maximum absolute atomic E-state index is 12.6. The van der Waals surface area contributed by atoms with Crippen LogP contribution in [-0.2, 0) is 4.74 Å². The maximum Gasteiger partial charge on any atom is 0.338 e. The molecule has 0 spiro atoms. The molecule has 0 saturated heterocycles. The van der Waals surface area contributed by atoms with Crippen LogP contribution in [0.2, 0.25) is 0 Å². The number of rotatable bonds is 7. The number of benzene rings is 2. The summed E-state index contributed by atoms with van der Waals surface area (Å²) < 4.78 is 11.5. The Kier molecular flexibility index (Phi) is 7.21. The smallest absolute Gasteiger partial charge is 0.338 e. The Bertz CT molecular complexity index is 772. The first kappa shape index (κ1) is 20.0. The molecule has 1 amide bonds. The van der Waals surface area contributed by atoms with E-state index in [0.29, 0.717) is 41.7 Å². The summed E-state index contributed by atoms with van der Waals surface area (Å²) in [6.45, 7) is 6.69. The molecule has 0 aromatic heterocycles. The van der Waals surface area contributed by atoms with Gasteiger partial charge in [0.1, 0.15) is 5.75 Å². The number of esters is 1. The minimum atomic E-state index is -0.387. The van der Waals surface area contributed by atoms with Crippen molar-refractivity contribution in [2.75, 3.05) is 18.5 Å². The van der Waals surface area contributed by atoms with Gasteiger partial charge < -0.3 is 14.8 Å². The maximum atomic E-state index is 12.6. The Morgan fingerprint density at radius 3 is 2.42 bits per heavy atom. The van der Waals surface area contributed by atoms with Crippen molar-refractivity contribution >= 4 is 33.5 Å². The molecule has 5 nitrogen and oxygen atoms in total. The third-order valence-electron chi connectivity index (χ3n) is 3.41. The van der Waals surface area contributed by atoms with E-state index in [1.165, 1.54) is 0 Å². The van der Waals surface area contributed by atoms with Crippen molar-refractivity contribution in [3.63, 3.8) is 0 Å². The van der Waals surface area contributed by atoms with E-state index in [9.17, 15) is 9.59 Å². The van der Waals surface area contributed by atoms with Gasteiger partial charge in [0.05, 0.1) is 24.3 Å². The van der Waals surface area contributed by atoms with Crippen LogP contribution in [0.15, 0.2) is 46.9 Å².